The zero-order valence-electron chi connectivity index (χ0n) is 9.69. The molecule has 2 fully saturated rings. The number of pyridine rings is 1. The number of aromatic nitrogens is 1. The molecule has 0 atom stereocenters. The van der Waals surface area contributed by atoms with Gasteiger partial charge in [-0.25, -0.2) is 4.98 Å². The van der Waals surface area contributed by atoms with Gasteiger partial charge in [0.05, 0.1) is 0 Å². The first-order valence-corrected chi connectivity index (χ1v) is 5.77. The molecule has 4 heteroatoms. The van der Waals surface area contributed by atoms with E-state index >= 15 is 0 Å². The lowest BCUT2D eigenvalue weighted by molar-refractivity contribution is -0.107. The highest BCUT2D eigenvalue weighted by Crippen LogP contribution is 2.39. The lowest BCUT2D eigenvalue weighted by Crippen LogP contribution is -2.70. The fraction of sp³-hybridized carbons (Fsp3) is 0.583. The number of hydrogen-bond acceptors (Lipinski definition) is 4. The molecule has 0 unspecified atom stereocenters. The third kappa shape index (κ3) is 1.58. The van der Waals surface area contributed by atoms with Crippen molar-refractivity contribution in [2.24, 2.45) is 5.41 Å². The SMILES string of the molecule is CN1CC2(C1)CN(Cc1cccnc1N)C2. The molecule has 2 saturated heterocycles. The topological polar surface area (TPSA) is 45.4 Å². The number of rotatable bonds is 2. The van der Waals surface area contributed by atoms with Crippen LogP contribution < -0.4 is 5.73 Å². The average molecular weight is 218 g/mol. The zero-order valence-corrected chi connectivity index (χ0v) is 9.69. The van der Waals surface area contributed by atoms with Gasteiger partial charge in [0.15, 0.2) is 0 Å². The number of anilines is 1. The molecule has 2 aliphatic rings. The number of nitrogens with two attached hydrogens (primary N) is 1. The van der Waals surface area contributed by atoms with E-state index in [1.165, 1.54) is 26.2 Å². The maximum Gasteiger partial charge on any atom is 0.127 e. The van der Waals surface area contributed by atoms with Gasteiger partial charge in [-0.15, -0.1) is 0 Å². The van der Waals surface area contributed by atoms with Crippen LogP contribution in [0.15, 0.2) is 18.3 Å². The van der Waals surface area contributed by atoms with Crippen molar-refractivity contribution in [1.29, 1.82) is 0 Å². The van der Waals surface area contributed by atoms with Gasteiger partial charge >= 0.3 is 0 Å². The van der Waals surface area contributed by atoms with Crippen LogP contribution in [-0.2, 0) is 6.54 Å². The molecule has 0 radical (unpaired) electrons. The van der Waals surface area contributed by atoms with E-state index in [9.17, 15) is 0 Å². The van der Waals surface area contributed by atoms with Gasteiger partial charge < -0.3 is 10.6 Å². The van der Waals surface area contributed by atoms with Crippen molar-refractivity contribution in [3.05, 3.63) is 23.9 Å². The van der Waals surface area contributed by atoms with Gasteiger partial charge in [-0.2, -0.15) is 0 Å². The zero-order chi connectivity index (χ0) is 11.2. The molecule has 0 bridgehead atoms. The van der Waals surface area contributed by atoms with Crippen molar-refractivity contribution in [2.45, 2.75) is 6.54 Å². The largest absolute Gasteiger partial charge is 0.383 e. The predicted molar refractivity (Wildman–Crippen MR) is 63.9 cm³/mol. The number of likely N-dealkylation sites (tertiary alicyclic amines) is 2. The van der Waals surface area contributed by atoms with Crippen LogP contribution in [-0.4, -0.2) is 48.0 Å². The molecule has 16 heavy (non-hydrogen) atoms. The lowest BCUT2D eigenvalue weighted by atomic mass is 9.73. The van der Waals surface area contributed by atoms with E-state index in [1.54, 1.807) is 6.20 Å². The molecular formula is C12H18N4. The van der Waals surface area contributed by atoms with Gasteiger partial charge in [0.1, 0.15) is 5.82 Å². The van der Waals surface area contributed by atoms with Crippen molar-refractivity contribution in [3.8, 4) is 0 Å². The van der Waals surface area contributed by atoms with Gasteiger partial charge in [-0.1, -0.05) is 6.07 Å². The third-order valence-corrected chi connectivity index (χ3v) is 3.65. The summed E-state index contributed by atoms with van der Waals surface area (Å²) in [6.45, 7) is 5.89. The molecule has 0 aliphatic carbocycles. The third-order valence-electron chi connectivity index (χ3n) is 3.65. The van der Waals surface area contributed by atoms with Gasteiger partial charge in [0.25, 0.3) is 0 Å². The molecule has 2 N–H and O–H groups in total. The molecule has 0 aromatic carbocycles. The first-order valence-electron chi connectivity index (χ1n) is 5.77. The van der Waals surface area contributed by atoms with Crippen LogP contribution in [0.5, 0.6) is 0 Å². The minimum atomic E-state index is 0.603. The molecular weight excluding hydrogens is 200 g/mol. The Kier molecular flexibility index (Phi) is 2.16. The molecule has 0 saturated carbocycles. The Morgan fingerprint density at radius 1 is 1.38 bits per heavy atom. The quantitative estimate of drug-likeness (QED) is 0.781. The summed E-state index contributed by atoms with van der Waals surface area (Å²) in [5.74, 6) is 0.675. The summed E-state index contributed by atoms with van der Waals surface area (Å²) in [4.78, 5) is 8.96. The summed E-state index contributed by atoms with van der Waals surface area (Å²) in [5, 5.41) is 0. The summed E-state index contributed by atoms with van der Waals surface area (Å²) in [6.07, 6.45) is 1.75. The van der Waals surface area contributed by atoms with Gasteiger partial charge in [-0.3, -0.25) is 4.90 Å². The normalized spacial score (nSPS) is 24.1. The van der Waals surface area contributed by atoms with Crippen molar-refractivity contribution in [1.82, 2.24) is 14.8 Å². The molecule has 2 aliphatic heterocycles. The summed E-state index contributed by atoms with van der Waals surface area (Å²) < 4.78 is 0. The van der Waals surface area contributed by atoms with Gasteiger partial charge in [0, 0.05) is 49.9 Å². The first kappa shape index (κ1) is 10.1. The van der Waals surface area contributed by atoms with Crippen LogP contribution in [0.2, 0.25) is 0 Å². The Labute approximate surface area is 96.1 Å². The Hall–Kier alpha value is -1.13. The van der Waals surface area contributed by atoms with Crippen LogP contribution in [0.3, 0.4) is 0 Å². The Morgan fingerprint density at radius 3 is 2.75 bits per heavy atom. The van der Waals surface area contributed by atoms with E-state index in [0.29, 0.717) is 11.2 Å². The first-order chi connectivity index (χ1) is 7.67. The molecule has 3 rings (SSSR count). The van der Waals surface area contributed by atoms with E-state index in [-0.39, 0.29) is 0 Å². The van der Waals surface area contributed by atoms with Crippen LogP contribution in [0.25, 0.3) is 0 Å². The van der Waals surface area contributed by atoms with Crippen LogP contribution in [0, 0.1) is 5.41 Å². The maximum atomic E-state index is 5.84. The van der Waals surface area contributed by atoms with Crippen molar-refractivity contribution < 1.29 is 0 Å². The summed E-state index contributed by atoms with van der Waals surface area (Å²) in [7, 11) is 2.19. The number of nitrogens with zero attached hydrogens (tertiary/aromatic N) is 3. The minimum Gasteiger partial charge on any atom is -0.383 e. The van der Waals surface area contributed by atoms with Gasteiger partial charge in [0.2, 0.25) is 0 Å². The smallest absolute Gasteiger partial charge is 0.127 e. The second kappa shape index (κ2) is 3.43. The molecule has 3 heterocycles. The van der Waals surface area contributed by atoms with Crippen LogP contribution in [0.4, 0.5) is 5.82 Å². The standard InChI is InChI=1S/C12H18N4/c1-15-6-12(7-15)8-16(9-12)5-10-3-2-4-14-11(10)13/h2-4H,5-9H2,1H3,(H2,13,14). The monoisotopic (exact) mass is 218 g/mol. The van der Waals surface area contributed by atoms with E-state index in [0.717, 1.165) is 12.1 Å². The fourth-order valence-electron chi connectivity index (χ4n) is 3.14. The van der Waals surface area contributed by atoms with E-state index < -0.39 is 0 Å². The maximum absolute atomic E-state index is 5.84. The number of hydrogen-bond donors (Lipinski definition) is 1. The van der Waals surface area contributed by atoms with Crippen molar-refractivity contribution >= 4 is 5.82 Å². The molecule has 0 amide bonds. The van der Waals surface area contributed by atoms with Crippen molar-refractivity contribution in [3.63, 3.8) is 0 Å². The molecule has 1 spiro atoms. The van der Waals surface area contributed by atoms with Crippen molar-refractivity contribution in [2.75, 3.05) is 39.0 Å². The van der Waals surface area contributed by atoms with E-state index in [1.807, 2.05) is 6.07 Å². The minimum absolute atomic E-state index is 0.603. The highest BCUT2D eigenvalue weighted by molar-refractivity contribution is 5.38. The molecule has 1 aromatic heterocycles. The van der Waals surface area contributed by atoms with E-state index in [2.05, 4.69) is 27.9 Å². The molecule has 4 nitrogen and oxygen atoms in total. The summed E-state index contributed by atoms with van der Waals surface area (Å²) in [5.41, 5.74) is 7.60. The average Bonchev–Trinajstić information content (AvgIpc) is 2.15. The Morgan fingerprint density at radius 2 is 2.12 bits per heavy atom. The second-order valence-corrected chi connectivity index (χ2v) is 5.37. The lowest BCUT2D eigenvalue weighted by Gasteiger charge is -2.59. The summed E-state index contributed by atoms with van der Waals surface area (Å²) in [6, 6.07) is 4.03. The molecule has 1 aromatic rings. The fourth-order valence-corrected chi connectivity index (χ4v) is 3.14. The predicted octanol–water partition coefficient (Wildman–Crippen LogP) is 0.411. The van der Waals surface area contributed by atoms with Gasteiger partial charge in [-0.05, 0) is 13.1 Å². The Balaban J connectivity index is 1.57. The highest BCUT2D eigenvalue weighted by atomic mass is 15.3. The molecule has 86 valence electrons. The summed E-state index contributed by atoms with van der Waals surface area (Å²) >= 11 is 0. The highest BCUT2D eigenvalue weighted by Gasteiger charge is 2.49. The van der Waals surface area contributed by atoms with Crippen LogP contribution >= 0.6 is 0 Å². The Bertz CT molecular complexity index is 390. The second-order valence-electron chi connectivity index (χ2n) is 5.37. The van der Waals surface area contributed by atoms with Crippen LogP contribution in [0.1, 0.15) is 5.56 Å². The van der Waals surface area contributed by atoms with E-state index in [4.69, 9.17) is 5.73 Å². The number of nitrogen functional groups attached to an aromatic ring is 1.